The van der Waals surface area contributed by atoms with Gasteiger partial charge >= 0.3 is 5.97 Å². The molecule has 1 unspecified atom stereocenters. The topological polar surface area (TPSA) is 57.5 Å². The number of benzene rings is 2. The molecule has 0 amide bonds. The van der Waals surface area contributed by atoms with Gasteiger partial charge in [-0.05, 0) is 16.7 Å². The first-order chi connectivity index (χ1) is 9.58. The first-order valence-electron chi connectivity index (χ1n) is 6.30. The molecule has 102 valence electrons. The third-order valence-corrected chi connectivity index (χ3v) is 3.26. The van der Waals surface area contributed by atoms with Gasteiger partial charge < -0.3 is 10.2 Å². The molecule has 0 aromatic heterocycles. The molecule has 2 aromatic carbocycles. The van der Waals surface area contributed by atoms with E-state index >= 15 is 0 Å². The minimum Gasteiger partial charge on any atom is -0.479 e. The van der Waals surface area contributed by atoms with Gasteiger partial charge in [-0.1, -0.05) is 60.7 Å². The maximum absolute atomic E-state index is 11.3. The second kappa shape index (κ2) is 5.72. The van der Waals surface area contributed by atoms with Crippen molar-refractivity contribution in [3.8, 4) is 11.1 Å². The summed E-state index contributed by atoms with van der Waals surface area (Å²) in [5, 5.41) is 19.5. The molecule has 0 aliphatic heterocycles. The first-order valence-corrected chi connectivity index (χ1v) is 6.30. The van der Waals surface area contributed by atoms with E-state index in [1.165, 1.54) is 6.08 Å². The van der Waals surface area contributed by atoms with Crippen LogP contribution in [0.4, 0.5) is 0 Å². The van der Waals surface area contributed by atoms with E-state index < -0.39 is 11.6 Å². The maximum Gasteiger partial charge on any atom is 0.340 e. The lowest BCUT2D eigenvalue weighted by atomic mass is 9.89. The minimum atomic E-state index is -1.92. The van der Waals surface area contributed by atoms with E-state index in [9.17, 15) is 15.0 Å². The zero-order valence-corrected chi connectivity index (χ0v) is 11.0. The van der Waals surface area contributed by atoms with Gasteiger partial charge in [0.2, 0.25) is 0 Å². The number of hydrogen-bond acceptors (Lipinski definition) is 2. The number of carboxylic acid groups (broad SMARTS) is 1. The molecular formula is C17H16O3. The molecule has 0 saturated carbocycles. The van der Waals surface area contributed by atoms with Crippen LogP contribution in [-0.4, -0.2) is 16.2 Å². The summed E-state index contributed by atoms with van der Waals surface area (Å²) in [5.41, 5.74) is 0.448. The fourth-order valence-corrected chi connectivity index (χ4v) is 2.11. The van der Waals surface area contributed by atoms with Gasteiger partial charge in [-0.15, -0.1) is 6.58 Å². The Kier molecular flexibility index (Phi) is 4.01. The van der Waals surface area contributed by atoms with E-state index in [4.69, 9.17) is 0 Å². The smallest absolute Gasteiger partial charge is 0.340 e. The van der Waals surface area contributed by atoms with Gasteiger partial charge in [0.15, 0.2) is 5.60 Å². The summed E-state index contributed by atoms with van der Waals surface area (Å²) in [6.07, 6.45) is 1.37. The van der Waals surface area contributed by atoms with Crippen molar-refractivity contribution < 1.29 is 15.0 Å². The summed E-state index contributed by atoms with van der Waals surface area (Å²) in [5.74, 6) is -1.27. The Labute approximate surface area is 117 Å². The van der Waals surface area contributed by atoms with Gasteiger partial charge in [-0.25, -0.2) is 4.79 Å². The van der Waals surface area contributed by atoms with Crippen LogP contribution in [0.25, 0.3) is 11.1 Å². The Balaban J connectivity index is 2.37. The highest BCUT2D eigenvalue weighted by atomic mass is 16.4. The van der Waals surface area contributed by atoms with E-state index in [-0.39, 0.29) is 6.42 Å². The number of rotatable bonds is 5. The maximum atomic E-state index is 11.3. The normalized spacial score (nSPS) is 13.4. The Bertz CT molecular complexity index is 602. The number of aliphatic carboxylic acids is 1. The number of carboxylic acids is 1. The van der Waals surface area contributed by atoms with Gasteiger partial charge in [-0.2, -0.15) is 0 Å². The van der Waals surface area contributed by atoms with E-state index in [2.05, 4.69) is 6.58 Å². The van der Waals surface area contributed by atoms with Crippen LogP contribution in [0.3, 0.4) is 0 Å². The molecule has 2 rings (SSSR count). The molecular weight excluding hydrogens is 252 g/mol. The van der Waals surface area contributed by atoms with Crippen LogP contribution in [0, 0.1) is 0 Å². The summed E-state index contributed by atoms with van der Waals surface area (Å²) in [4.78, 5) is 11.3. The van der Waals surface area contributed by atoms with Crippen molar-refractivity contribution in [1.82, 2.24) is 0 Å². The quantitative estimate of drug-likeness (QED) is 0.819. The first kappa shape index (κ1) is 14.0. The molecule has 0 aliphatic rings. The van der Waals surface area contributed by atoms with Gasteiger partial charge in [0.05, 0.1) is 0 Å². The molecule has 1 atom stereocenters. The molecule has 3 heteroatoms. The second-order valence-corrected chi connectivity index (χ2v) is 4.60. The Morgan fingerprint density at radius 3 is 2.10 bits per heavy atom. The Hall–Kier alpha value is -2.39. The van der Waals surface area contributed by atoms with Crippen LogP contribution in [0.1, 0.15) is 12.0 Å². The molecule has 20 heavy (non-hydrogen) atoms. The standard InChI is InChI=1S/C17H16O3/c1-2-12-17(20,16(18)19)15-10-8-14(9-11-15)13-6-4-3-5-7-13/h2-11,20H,1,12H2,(H,18,19). The van der Waals surface area contributed by atoms with Crippen molar-refractivity contribution in [3.05, 3.63) is 72.8 Å². The third-order valence-electron chi connectivity index (χ3n) is 3.26. The van der Waals surface area contributed by atoms with Crippen LogP contribution in [0.5, 0.6) is 0 Å². The van der Waals surface area contributed by atoms with Crippen LogP contribution in [0.2, 0.25) is 0 Å². The number of aliphatic hydroxyl groups is 1. The van der Waals surface area contributed by atoms with E-state index in [0.29, 0.717) is 5.56 Å². The number of hydrogen-bond donors (Lipinski definition) is 2. The van der Waals surface area contributed by atoms with E-state index in [0.717, 1.165) is 11.1 Å². The predicted molar refractivity (Wildman–Crippen MR) is 78.2 cm³/mol. The SMILES string of the molecule is C=CCC(O)(C(=O)O)c1ccc(-c2ccccc2)cc1. The second-order valence-electron chi connectivity index (χ2n) is 4.60. The molecule has 2 aromatic rings. The van der Waals surface area contributed by atoms with Crippen LogP contribution < -0.4 is 0 Å². The summed E-state index contributed by atoms with van der Waals surface area (Å²) >= 11 is 0. The molecule has 0 radical (unpaired) electrons. The molecule has 0 aliphatic carbocycles. The van der Waals surface area contributed by atoms with Crippen molar-refractivity contribution in [2.45, 2.75) is 12.0 Å². The zero-order chi connectivity index (χ0) is 14.6. The Morgan fingerprint density at radius 2 is 1.60 bits per heavy atom. The summed E-state index contributed by atoms with van der Waals surface area (Å²) in [6.45, 7) is 3.50. The van der Waals surface area contributed by atoms with Gasteiger partial charge in [-0.3, -0.25) is 0 Å². The van der Waals surface area contributed by atoms with Crippen molar-refractivity contribution >= 4 is 5.97 Å². The molecule has 0 saturated heterocycles. The highest BCUT2D eigenvalue weighted by Gasteiger charge is 2.36. The summed E-state index contributed by atoms with van der Waals surface area (Å²) in [7, 11) is 0. The lowest BCUT2D eigenvalue weighted by Crippen LogP contribution is -2.34. The van der Waals surface area contributed by atoms with Crippen LogP contribution in [-0.2, 0) is 10.4 Å². The van der Waals surface area contributed by atoms with Crippen molar-refractivity contribution in [3.63, 3.8) is 0 Å². The van der Waals surface area contributed by atoms with Crippen molar-refractivity contribution in [2.75, 3.05) is 0 Å². The van der Waals surface area contributed by atoms with Gasteiger partial charge in [0.1, 0.15) is 0 Å². The third kappa shape index (κ3) is 2.63. The monoisotopic (exact) mass is 268 g/mol. The molecule has 2 N–H and O–H groups in total. The Morgan fingerprint density at radius 1 is 1.05 bits per heavy atom. The van der Waals surface area contributed by atoms with Crippen molar-refractivity contribution in [1.29, 1.82) is 0 Å². The van der Waals surface area contributed by atoms with Crippen LogP contribution in [0.15, 0.2) is 67.3 Å². The van der Waals surface area contributed by atoms with Crippen molar-refractivity contribution in [2.24, 2.45) is 0 Å². The molecule has 0 spiro atoms. The zero-order valence-electron chi connectivity index (χ0n) is 11.0. The predicted octanol–water partition coefficient (Wildman–Crippen LogP) is 3.20. The molecule has 3 nitrogen and oxygen atoms in total. The number of carbonyl (C=O) groups is 1. The fourth-order valence-electron chi connectivity index (χ4n) is 2.11. The highest BCUT2D eigenvalue weighted by molar-refractivity contribution is 5.79. The lowest BCUT2D eigenvalue weighted by Gasteiger charge is -2.22. The minimum absolute atomic E-state index is 0.0347. The summed E-state index contributed by atoms with van der Waals surface area (Å²) < 4.78 is 0. The van der Waals surface area contributed by atoms with Crippen LogP contribution >= 0.6 is 0 Å². The lowest BCUT2D eigenvalue weighted by molar-refractivity contribution is -0.159. The van der Waals surface area contributed by atoms with E-state index in [1.807, 2.05) is 42.5 Å². The molecule has 0 heterocycles. The van der Waals surface area contributed by atoms with Gasteiger partial charge in [0.25, 0.3) is 0 Å². The average Bonchev–Trinajstić information content (AvgIpc) is 2.48. The fraction of sp³-hybridized carbons (Fsp3) is 0.118. The average molecular weight is 268 g/mol. The van der Waals surface area contributed by atoms with E-state index in [1.54, 1.807) is 12.1 Å². The molecule has 0 bridgehead atoms. The molecule has 0 fully saturated rings. The van der Waals surface area contributed by atoms with Gasteiger partial charge in [0, 0.05) is 6.42 Å². The highest BCUT2D eigenvalue weighted by Crippen LogP contribution is 2.28. The largest absolute Gasteiger partial charge is 0.479 e. The summed E-state index contributed by atoms with van der Waals surface area (Å²) in [6, 6.07) is 16.7.